The highest BCUT2D eigenvalue weighted by atomic mass is 19.1. The predicted octanol–water partition coefficient (Wildman–Crippen LogP) is 4.19. The molecule has 7 heteroatoms. The molecule has 0 aliphatic carbocycles. The largest absolute Gasteiger partial charge is 0.503 e. The van der Waals surface area contributed by atoms with Crippen molar-refractivity contribution in [1.29, 1.82) is 0 Å². The van der Waals surface area contributed by atoms with Crippen LogP contribution in [0.25, 0.3) is 0 Å². The van der Waals surface area contributed by atoms with E-state index in [1.165, 1.54) is 31.5 Å². The first-order valence-corrected chi connectivity index (χ1v) is 9.37. The van der Waals surface area contributed by atoms with Gasteiger partial charge in [0.05, 0.1) is 13.0 Å². The Morgan fingerprint density at radius 3 is 2.52 bits per heavy atom. The summed E-state index contributed by atoms with van der Waals surface area (Å²) in [5, 5.41) is 10.0. The van der Waals surface area contributed by atoms with Gasteiger partial charge in [-0.05, 0) is 37.1 Å². The van der Waals surface area contributed by atoms with Gasteiger partial charge in [0.2, 0.25) is 0 Å². The number of Topliss-reactive ketones (excluding diaryl/α,β-unsaturated/α-hetero) is 1. The minimum Gasteiger partial charge on any atom is -0.503 e. The lowest BCUT2D eigenvalue weighted by molar-refractivity contribution is -0.153. The SMILES string of the molecule is COc1ccnc(C(=O)C[C@H](C)C(=O)O[C@@H](C)[C@H](C)c2ccc(F)cc2C)c1O. The quantitative estimate of drug-likeness (QED) is 0.525. The Bertz CT molecular complexity index is 899. The molecule has 0 spiro atoms. The summed E-state index contributed by atoms with van der Waals surface area (Å²) >= 11 is 0. The van der Waals surface area contributed by atoms with E-state index < -0.39 is 23.8 Å². The number of ether oxygens (including phenoxy) is 2. The maximum atomic E-state index is 13.3. The molecule has 3 atom stereocenters. The first-order valence-electron chi connectivity index (χ1n) is 9.37. The summed E-state index contributed by atoms with van der Waals surface area (Å²) in [5.41, 5.74) is 1.52. The maximum absolute atomic E-state index is 13.3. The van der Waals surface area contributed by atoms with E-state index in [0.29, 0.717) is 0 Å². The van der Waals surface area contributed by atoms with Crippen LogP contribution in [0.4, 0.5) is 4.39 Å². The summed E-state index contributed by atoms with van der Waals surface area (Å²) in [6, 6.07) is 5.94. The second-order valence-electron chi connectivity index (χ2n) is 7.17. The summed E-state index contributed by atoms with van der Waals surface area (Å²) in [4.78, 5) is 28.8. The number of rotatable bonds is 8. The molecule has 0 unspecified atom stereocenters. The molecule has 29 heavy (non-hydrogen) atoms. The highest BCUT2D eigenvalue weighted by Gasteiger charge is 2.26. The van der Waals surface area contributed by atoms with Crippen molar-refractivity contribution in [2.75, 3.05) is 7.11 Å². The summed E-state index contributed by atoms with van der Waals surface area (Å²) in [5.74, 6) is -2.42. The molecule has 1 heterocycles. The van der Waals surface area contributed by atoms with Gasteiger partial charge in [0.25, 0.3) is 0 Å². The number of hydrogen-bond acceptors (Lipinski definition) is 6. The zero-order chi connectivity index (χ0) is 21.7. The van der Waals surface area contributed by atoms with Gasteiger partial charge in [0, 0.05) is 24.6 Å². The van der Waals surface area contributed by atoms with E-state index in [1.54, 1.807) is 26.8 Å². The number of carbonyl (C=O) groups is 2. The Hall–Kier alpha value is -2.96. The molecule has 0 radical (unpaired) electrons. The number of methoxy groups -OCH3 is 1. The van der Waals surface area contributed by atoms with Crippen molar-refractivity contribution in [3.05, 3.63) is 53.1 Å². The second kappa shape index (κ2) is 9.49. The Morgan fingerprint density at radius 2 is 1.90 bits per heavy atom. The van der Waals surface area contributed by atoms with Gasteiger partial charge in [-0.25, -0.2) is 9.37 Å². The molecular weight excluding hydrogens is 377 g/mol. The average Bonchev–Trinajstić information content (AvgIpc) is 2.67. The minimum atomic E-state index is -0.723. The number of carbonyl (C=O) groups excluding carboxylic acids is 2. The Morgan fingerprint density at radius 1 is 1.21 bits per heavy atom. The fourth-order valence-electron chi connectivity index (χ4n) is 3.07. The van der Waals surface area contributed by atoms with E-state index in [0.717, 1.165) is 11.1 Å². The van der Waals surface area contributed by atoms with E-state index in [-0.39, 0.29) is 35.3 Å². The number of benzene rings is 1. The second-order valence-corrected chi connectivity index (χ2v) is 7.17. The summed E-state index contributed by atoms with van der Waals surface area (Å²) in [6.07, 6.45) is 0.722. The van der Waals surface area contributed by atoms with Crippen molar-refractivity contribution in [3.63, 3.8) is 0 Å². The topological polar surface area (TPSA) is 85.7 Å². The number of aryl methyl sites for hydroxylation is 1. The minimum absolute atomic E-state index is 0.135. The van der Waals surface area contributed by atoms with Crippen LogP contribution in [0.5, 0.6) is 11.5 Å². The van der Waals surface area contributed by atoms with E-state index in [9.17, 15) is 19.1 Å². The normalized spacial score (nSPS) is 14.0. The predicted molar refractivity (Wildman–Crippen MR) is 106 cm³/mol. The van der Waals surface area contributed by atoms with Crippen LogP contribution in [-0.4, -0.2) is 35.1 Å². The Kier molecular flexibility index (Phi) is 7.31. The lowest BCUT2D eigenvalue weighted by Crippen LogP contribution is -2.26. The maximum Gasteiger partial charge on any atom is 0.309 e. The molecule has 0 bridgehead atoms. The smallest absolute Gasteiger partial charge is 0.309 e. The van der Waals surface area contributed by atoms with E-state index in [4.69, 9.17) is 9.47 Å². The lowest BCUT2D eigenvalue weighted by atomic mass is 9.92. The van der Waals surface area contributed by atoms with Crippen molar-refractivity contribution in [1.82, 2.24) is 4.98 Å². The number of pyridine rings is 1. The first kappa shape index (κ1) is 22.3. The highest BCUT2D eigenvalue weighted by molar-refractivity contribution is 5.99. The number of nitrogens with zero attached hydrogens (tertiary/aromatic N) is 1. The van der Waals surface area contributed by atoms with E-state index in [2.05, 4.69) is 4.98 Å². The molecule has 0 amide bonds. The van der Waals surface area contributed by atoms with Crippen molar-refractivity contribution in [3.8, 4) is 11.5 Å². The van der Waals surface area contributed by atoms with Crippen molar-refractivity contribution in [2.45, 2.75) is 46.1 Å². The van der Waals surface area contributed by atoms with Gasteiger partial charge >= 0.3 is 5.97 Å². The highest BCUT2D eigenvalue weighted by Crippen LogP contribution is 2.30. The van der Waals surface area contributed by atoms with Gasteiger partial charge in [-0.15, -0.1) is 0 Å². The van der Waals surface area contributed by atoms with Gasteiger partial charge in [-0.3, -0.25) is 9.59 Å². The number of hydrogen-bond donors (Lipinski definition) is 1. The van der Waals surface area contributed by atoms with Crippen LogP contribution in [0.15, 0.2) is 30.5 Å². The van der Waals surface area contributed by atoms with Crippen LogP contribution in [0.1, 0.15) is 54.7 Å². The first-order chi connectivity index (χ1) is 13.6. The Balaban J connectivity index is 2.02. The number of aromatic hydroxyl groups is 1. The third-order valence-corrected chi connectivity index (χ3v) is 4.99. The lowest BCUT2D eigenvalue weighted by Gasteiger charge is -2.24. The van der Waals surface area contributed by atoms with Crippen LogP contribution >= 0.6 is 0 Å². The van der Waals surface area contributed by atoms with Crippen LogP contribution in [-0.2, 0) is 9.53 Å². The molecule has 0 saturated carbocycles. The van der Waals surface area contributed by atoms with Crippen LogP contribution in [0.3, 0.4) is 0 Å². The zero-order valence-corrected chi connectivity index (χ0v) is 17.2. The molecule has 0 aliphatic rings. The fraction of sp³-hybridized carbons (Fsp3) is 0.409. The van der Waals surface area contributed by atoms with Crippen LogP contribution < -0.4 is 4.74 Å². The molecular formula is C22H26FNO5. The van der Waals surface area contributed by atoms with E-state index in [1.807, 2.05) is 6.92 Å². The number of halogens is 1. The molecule has 2 aromatic rings. The molecule has 1 aromatic carbocycles. The third-order valence-electron chi connectivity index (χ3n) is 4.99. The number of ketones is 1. The van der Waals surface area contributed by atoms with Gasteiger partial charge in [0.15, 0.2) is 23.0 Å². The van der Waals surface area contributed by atoms with Crippen molar-refractivity contribution >= 4 is 11.8 Å². The van der Waals surface area contributed by atoms with Gasteiger partial charge < -0.3 is 14.6 Å². The van der Waals surface area contributed by atoms with Crippen LogP contribution in [0, 0.1) is 18.7 Å². The average molecular weight is 403 g/mol. The molecule has 0 aliphatic heterocycles. The van der Waals surface area contributed by atoms with Crippen LogP contribution in [0.2, 0.25) is 0 Å². The molecule has 156 valence electrons. The summed E-state index contributed by atoms with van der Waals surface area (Å²) in [6.45, 7) is 7.04. The van der Waals surface area contributed by atoms with E-state index >= 15 is 0 Å². The van der Waals surface area contributed by atoms with Crippen molar-refractivity contribution in [2.24, 2.45) is 5.92 Å². The summed E-state index contributed by atoms with van der Waals surface area (Å²) in [7, 11) is 1.37. The third kappa shape index (κ3) is 5.31. The monoisotopic (exact) mass is 403 g/mol. The molecule has 1 N–H and O–H groups in total. The molecule has 0 fully saturated rings. The van der Waals surface area contributed by atoms with Gasteiger partial charge in [-0.2, -0.15) is 0 Å². The number of esters is 1. The molecule has 0 saturated heterocycles. The summed E-state index contributed by atoms with van der Waals surface area (Å²) < 4.78 is 23.8. The van der Waals surface area contributed by atoms with Crippen molar-refractivity contribution < 1.29 is 28.6 Å². The molecule has 1 aromatic heterocycles. The zero-order valence-electron chi connectivity index (χ0n) is 17.2. The Labute approximate surface area is 169 Å². The standard InChI is InChI=1S/C22H26FNO5/c1-12-10-16(23)6-7-17(12)14(3)15(4)29-22(27)13(2)11-18(25)20-21(26)19(28-5)8-9-24-20/h6-10,13-15,26H,11H2,1-5H3/t13-,14-,15-/m0/s1. The van der Waals surface area contributed by atoms with Gasteiger partial charge in [-0.1, -0.05) is 19.9 Å². The molecule has 2 rings (SSSR count). The van der Waals surface area contributed by atoms with Gasteiger partial charge in [0.1, 0.15) is 11.9 Å². The molecule has 6 nitrogen and oxygen atoms in total. The number of aromatic nitrogens is 1. The fourth-order valence-corrected chi connectivity index (χ4v) is 3.07.